The van der Waals surface area contributed by atoms with Crippen molar-refractivity contribution in [1.29, 1.82) is 0 Å². The van der Waals surface area contributed by atoms with E-state index in [-0.39, 0.29) is 0 Å². The van der Waals surface area contributed by atoms with Crippen molar-refractivity contribution in [2.75, 3.05) is 59.5 Å². The molecule has 616 valence electrons. The quantitative estimate of drug-likeness (QED) is 0.0363. The number of hydrogen-bond acceptors (Lipinski definition) is 46. The number of amides is 2. The second-order valence-corrected chi connectivity index (χ2v) is 26.7. The van der Waals surface area contributed by atoms with Crippen molar-refractivity contribution >= 4 is 11.8 Å². The summed E-state index contributed by atoms with van der Waals surface area (Å²) < 4.78 is 99.1. The van der Waals surface area contributed by atoms with Gasteiger partial charge in [0.25, 0.3) is 0 Å². The Morgan fingerprint density at radius 1 is 0.245 bits per heavy atom. The molecule has 0 aliphatic carbocycles. The van der Waals surface area contributed by atoms with Crippen LogP contribution in [0.3, 0.4) is 0 Å². The number of rotatable bonds is 27. The van der Waals surface area contributed by atoms with Crippen molar-refractivity contribution in [3.05, 3.63) is 0 Å². The number of aliphatic hydroxyl groups excluding tert-OH is 27. The first-order valence-corrected chi connectivity index (χ1v) is 33.7. The van der Waals surface area contributed by atoms with Gasteiger partial charge in [-0.25, -0.2) is 0 Å². The van der Waals surface area contributed by atoms with Crippen LogP contribution in [0.1, 0.15) is 13.8 Å². The Morgan fingerprint density at radius 3 is 0.906 bits per heavy atom. The van der Waals surface area contributed by atoms with Crippen LogP contribution in [0.5, 0.6) is 0 Å². The molecule has 9 aliphatic heterocycles. The van der Waals surface area contributed by atoms with Crippen LogP contribution in [-0.4, -0.2) is 485 Å². The van der Waals surface area contributed by atoms with Crippen molar-refractivity contribution < 1.29 is 228 Å². The number of nitrogens with one attached hydrogen (secondary N) is 2. The van der Waals surface area contributed by atoms with Gasteiger partial charge in [-0.15, -0.1) is 0 Å². The van der Waals surface area contributed by atoms with E-state index in [1.165, 1.54) is 0 Å². The molecule has 9 fully saturated rings. The summed E-state index contributed by atoms with van der Waals surface area (Å²) in [6, 6.07) is -3.56. The van der Waals surface area contributed by atoms with Gasteiger partial charge in [0.2, 0.25) is 11.8 Å². The Kier molecular flexibility index (Phi) is 31.1. The molecule has 0 aromatic rings. The topological polar surface area (TPSA) is 761 Å². The summed E-state index contributed by atoms with van der Waals surface area (Å²) in [7, 11) is 0. The molecule has 29 N–H and O–H groups in total. The number of ether oxygens (including phenoxy) is 17. The van der Waals surface area contributed by atoms with E-state index >= 15 is 0 Å². The van der Waals surface area contributed by atoms with Gasteiger partial charge in [0.05, 0.1) is 59.5 Å². The Hall–Kier alpha value is -2.82. The maximum Gasteiger partial charge on any atom is 0.217 e. The van der Waals surface area contributed by atoms with E-state index in [0.717, 1.165) is 13.8 Å². The average Bonchev–Trinajstić information content (AvgIpc) is 0.770. The van der Waals surface area contributed by atoms with Gasteiger partial charge >= 0.3 is 0 Å². The van der Waals surface area contributed by atoms with Crippen LogP contribution < -0.4 is 10.6 Å². The van der Waals surface area contributed by atoms with Crippen LogP contribution in [0.4, 0.5) is 0 Å². The number of carbonyl (C=O) groups is 2. The van der Waals surface area contributed by atoms with Crippen LogP contribution in [0.15, 0.2) is 0 Å². The molecule has 0 saturated carbocycles. The molecule has 9 rings (SSSR count). The second-order valence-electron chi connectivity index (χ2n) is 26.7. The summed E-state index contributed by atoms with van der Waals surface area (Å²) in [5, 5.41) is 301. The fourth-order valence-electron chi connectivity index (χ4n) is 13.5. The second kappa shape index (κ2) is 37.9. The van der Waals surface area contributed by atoms with Crippen molar-refractivity contribution in [1.82, 2.24) is 10.6 Å². The Labute approximate surface area is 598 Å². The van der Waals surface area contributed by atoms with Crippen LogP contribution in [0, 0.1) is 0 Å². The van der Waals surface area contributed by atoms with Crippen LogP contribution in [0.2, 0.25) is 0 Å². The molecule has 9 heterocycles. The zero-order chi connectivity index (χ0) is 77.9. The lowest BCUT2D eigenvalue weighted by Gasteiger charge is -2.51. The number of hydrogen-bond donors (Lipinski definition) is 29. The minimum absolute atomic E-state index is 0.785. The number of aliphatic hydroxyl groups is 27. The smallest absolute Gasteiger partial charge is 0.217 e. The fraction of sp³-hybridized carbons (Fsp3) is 0.966. The predicted octanol–water partition coefficient (Wildman–Crippen LogP) is -20.3. The monoisotopic (exact) mass is 1560 g/mol. The first kappa shape index (κ1) is 87.2. The Balaban J connectivity index is 1.05. The van der Waals surface area contributed by atoms with Crippen LogP contribution >= 0.6 is 0 Å². The highest BCUT2D eigenvalue weighted by molar-refractivity contribution is 5.73. The van der Waals surface area contributed by atoms with Crippen molar-refractivity contribution in [3.8, 4) is 0 Å². The number of carbonyl (C=O) groups excluding carboxylic acids is 2. The molecular formula is C58H98N2O46. The average molecular weight is 1560 g/mol. The normalized spacial score (nSPS) is 51.2. The van der Waals surface area contributed by atoms with Gasteiger partial charge < -0.3 is 229 Å². The first-order valence-electron chi connectivity index (χ1n) is 33.7. The highest BCUT2D eigenvalue weighted by Crippen LogP contribution is 2.39. The maximum atomic E-state index is 12.9. The molecule has 106 heavy (non-hydrogen) atoms. The highest BCUT2D eigenvalue weighted by atomic mass is 16.8. The van der Waals surface area contributed by atoms with Gasteiger partial charge in [-0.2, -0.15) is 0 Å². The molecule has 0 unspecified atom stereocenters. The molecule has 2 amide bonds. The van der Waals surface area contributed by atoms with Gasteiger partial charge in [-0.05, 0) is 0 Å². The molecule has 0 spiro atoms. The minimum Gasteiger partial charge on any atom is -0.394 e. The van der Waals surface area contributed by atoms with Crippen molar-refractivity contribution in [2.45, 2.75) is 290 Å². The Bertz CT molecular complexity index is 2710. The molecule has 48 heteroatoms. The van der Waals surface area contributed by atoms with Gasteiger partial charge in [-0.3, -0.25) is 9.59 Å². The van der Waals surface area contributed by atoms with Gasteiger partial charge in [0, 0.05) is 13.8 Å². The third-order valence-electron chi connectivity index (χ3n) is 19.5. The molecule has 9 saturated heterocycles. The van der Waals surface area contributed by atoms with E-state index in [9.17, 15) is 147 Å². The predicted molar refractivity (Wildman–Crippen MR) is 320 cm³/mol. The molecule has 0 radical (unpaired) electrons. The molecule has 48 nitrogen and oxygen atoms in total. The minimum atomic E-state index is -2.55. The first-order chi connectivity index (χ1) is 50.2. The third-order valence-corrected chi connectivity index (χ3v) is 19.5. The molecular weight excluding hydrogens is 1460 g/mol. The van der Waals surface area contributed by atoms with E-state index in [1.807, 2.05) is 0 Å². The van der Waals surface area contributed by atoms with Gasteiger partial charge in [0.15, 0.2) is 56.6 Å². The van der Waals surface area contributed by atoms with E-state index in [4.69, 9.17) is 80.5 Å². The van der Waals surface area contributed by atoms with E-state index in [1.54, 1.807) is 0 Å². The maximum absolute atomic E-state index is 12.9. The summed E-state index contributed by atoms with van der Waals surface area (Å²) in [5.41, 5.74) is 0. The lowest BCUT2D eigenvalue weighted by Crippen LogP contribution is -2.70. The van der Waals surface area contributed by atoms with E-state index in [0.29, 0.717) is 0 Å². The van der Waals surface area contributed by atoms with E-state index < -0.39 is 348 Å². The van der Waals surface area contributed by atoms with Crippen molar-refractivity contribution in [3.63, 3.8) is 0 Å². The summed E-state index contributed by atoms with van der Waals surface area (Å²) in [5.74, 6) is -1.73. The standard InChI is InChI=1S/C58H98N2O46/c1-12(68)59-23-32(77)44(19(8-66)92-50(23)89)101-51-24(60-13(2)69)33(78)45(20(9-67)98-51)102-55-43(88)46(103-58-49(38(83)29(74)18(7-65)97-58)106-54-42(87)36(81)27(72)16(5-63)95-54)31(76)22(99-55)11-91-57-48(105-53-41(86)35(80)26(71)15(4-62)94-53)39(84)30(75)21(100-57)10-90-56-47(37(82)28(73)17(6-64)96-56)104-52-40(85)34(79)25(70)14(3-61)93-52/h14-58,61-67,70-89H,3-11H2,1-2H3,(H,59,68)(H,60,69)/t14-,15-,16-,17-,18-,19-,20-,21-,22-,23-,24-,25-,26-,27-,28-,29-,30-,31-,32-,33-,34+,35+,36+,37+,38+,39+,40+,41+,42+,43+,44-,45-,46+,47+,48+,49+,50-,51+,52-,53-,54-,55+,56+,57+,58-/m1/s1. The molecule has 0 aromatic heterocycles. The summed E-state index contributed by atoms with van der Waals surface area (Å²) in [4.78, 5) is 25.0. The zero-order valence-electron chi connectivity index (χ0n) is 56.2. The summed E-state index contributed by atoms with van der Waals surface area (Å²) in [6.45, 7) is -7.78. The van der Waals surface area contributed by atoms with Gasteiger partial charge in [-0.1, -0.05) is 0 Å². The molecule has 9 aliphatic rings. The third kappa shape index (κ3) is 18.7. The fourth-order valence-corrected chi connectivity index (χ4v) is 13.5. The Morgan fingerprint density at radius 2 is 0.509 bits per heavy atom. The van der Waals surface area contributed by atoms with Gasteiger partial charge in [0.1, 0.15) is 220 Å². The van der Waals surface area contributed by atoms with E-state index in [2.05, 4.69) is 10.6 Å². The SMILES string of the molecule is CC(=O)N[C@@H]1[C@@H](O)[C@H](O[C@@H]2O[C@H](CO)[C@@H](O[C@@H]3O[C@H](CO[C@H]4O[C@H](CO[C@H]5O[C@H](CO)[C@@H](O)[C@H](O)[C@@H]5O[C@H]5O[C@H](CO)[C@@H](O)[C@H](O)[C@@H]5O)[C@@H](O)[C@H](O)[C@@H]4O[C@H]4O[C@H](CO)[C@@H](O)[C@H](O)[C@@H]4O)[C@@H](O)[C@H](O[C@H]4O[C@H](CO)[C@@H](O)[C@H](O)[C@@H]4O[C@H]4O[C@H](CO)[C@@H](O)[C@H](O)[C@@H]4O)[C@@H]3O)[C@H](O)[C@H]2NC(C)=O)[C@@H](CO)O[C@H]1O. The van der Waals surface area contributed by atoms with Crippen molar-refractivity contribution in [2.24, 2.45) is 0 Å². The van der Waals surface area contributed by atoms with Crippen LogP contribution in [0.25, 0.3) is 0 Å². The largest absolute Gasteiger partial charge is 0.394 e. The summed E-state index contributed by atoms with van der Waals surface area (Å²) in [6.07, 6.45) is -90.4. The molecule has 45 atom stereocenters. The lowest BCUT2D eigenvalue weighted by atomic mass is 9.94. The molecule has 0 bridgehead atoms. The lowest BCUT2D eigenvalue weighted by molar-refractivity contribution is -0.400. The molecule has 0 aromatic carbocycles. The highest BCUT2D eigenvalue weighted by Gasteiger charge is 2.60. The zero-order valence-corrected chi connectivity index (χ0v) is 56.2. The van der Waals surface area contributed by atoms with Crippen LogP contribution in [-0.2, 0) is 90.1 Å². The summed E-state index contributed by atoms with van der Waals surface area (Å²) >= 11 is 0.